The van der Waals surface area contributed by atoms with Crippen LogP contribution in [0, 0.1) is 0 Å². The molecule has 0 heterocycles. The minimum absolute atomic E-state index is 0.438. The molecular weight excluding hydrogens is 156 g/mol. The van der Waals surface area contributed by atoms with Crippen molar-refractivity contribution in [1.82, 2.24) is 0 Å². The second-order valence-electron chi connectivity index (χ2n) is 2.97. The Balaban J connectivity index is 3.06. The van der Waals surface area contributed by atoms with Gasteiger partial charge in [-0.05, 0) is 6.42 Å². The highest BCUT2D eigenvalue weighted by Crippen LogP contribution is 2.08. The number of hydrogen-bond acceptors (Lipinski definition) is 3. The molecule has 1 N–H and O–H groups in total. The van der Waals surface area contributed by atoms with E-state index in [1.54, 1.807) is 0 Å². The summed E-state index contributed by atoms with van der Waals surface area (Å²) in [5.74, 6) is 0. The van der Waals surface area contributed by atoms with Crippen LogP contribution in [0.2, 0.25) is 0 Å². The maximum Gasteiger partial charge on any atom is 0.190 e. The molecule has 0 saturated carbocycles. The molecule has 3 heteroatoms. The predicted octanol–water partition coefficient (Wildman–Crippen LogP) is 2.81. The Morgan fingerprint density at radius 1 is 1.17 bits per heavy atom. The van der Waals surface area contributed by atoms with Crippen LogP contribution in [-0.2, 0) is 9.62 Å². The Hall–Kier alpha value is -0.120. The van der Waals surface area contributed by atoms with Gasteiger partial charge >= 0.3 is 0 Å². The van der Waals surface area contributed by atoms with E-state index >= 15 is 0 Å². The Bertz CT molecular complexity index is 81.8. The summed E-state index contributed by atoms with van der Waals surface area (Å²) in [4.78, 5) is 4.08. The van der Waals surface area contributed by atoms with Crippen LogP contribution in [0.4, 0.5) is 0 Å². The van der Waals surface area contributed by atoms with E-state index in [4.69, 9.17) is 9.99 Å². The molecule has 0 aromatic heterocycles. The van der Waals surface area contributed by atoms with Crippen LogP contribution in [0.15, 0.2) is 0 Å². The zero-order chi connectivity index (χ0) is 9.23. The molecule has 12 heavy (non-hydrogen) atoms. The quantitative estimate of drug-likeness (QED) is 0.267. The van der Waals surface area contributed by atoms with Gasteiger partial charge in [-0.3, -0.25) is 0 Å². The van der Waals surface area contributed by atoms with Gasteiger partial charge in [0, 0.05) is 13.5 Å². The lowest BCUT2D eigenvalue weighted by Gasteiger charge is -2.10. The maximum absolute atomic E-state index is 8.30. The summed E-state index contributed by atoms with van der Waals surface area (Å²) in [6.45, 7) is 2.19. The van der Waals surface area contributed by atoms with E-state index in [9.17, 15) is 0 Å². The summed E-state index contributed by atoms with van der Waals surface area (Å²) in [5, 5.41) is 8.30. The molecule has 0 aliphatic heterocycles. The normalized spacial score (nSPS) is 13.2. The van der Waals surface area contributed by atoms with Crippen molar-refractivity contribution in [3.63, 3.8) is 0 Å². The fourth-order valence-electron chi connectivity index (χ4n) is 1.13. The Labute approximate surface area is 74.6 Å². The highest BCUT2D eigenvalue weighted by Gasteiger charge is 2.04. The molecule has 0 radical (unpaired) electrons. The summed E-state index contributed by atoms with van der Waals surface area (Å²) in [6, 6.07) is 0. The van der Waals surface area contributed by atoms with E-state index in [0.717, 1.165) is 12.8 Å². The largest absolute Gasteiger partial charge is 0.353 e. The molecule has 0 aromatic rings. The van der Waals surface area contributed by atoms with Crippen LogP contribution < -0.4 is 0 Å². The number of rotatable bonds is 8. The third-order valence-corrected chi connectivity index (χ3v) is 1.92. The Morgan fingerprint density at radius 3 is 2.33 bits per heavy atom. The molecule has 0 saturated heterocycles. The van der Waals surface area contributed by atoms with E-state index in [1.807, 2.05) is 0 Å². The van der Waals surface area contributed by atoms with Crippen molar-refractivity contribution in [2.24, 2.45) is 0 Å². The van der Waals surface area contributed by atoms with Gasteiger partial charge in [0.1, 0.15) is 0 Å². The molecule has 0 rings (SSSR count). The van der Waals surface area contributed by atoms with Crippen molar-refractivity contribution >= 4 is 0 Å². The SMILES string of the molecule is CCCCCCCC(OC)OO. The molecule has 0 bridgehead atoms. The molecule has 74 valence electrons. The molecule has 0 aliphatic carbocycles. The monoisotopic (exact) mass is 176 g/mol. The number of ether oxygens (including phenoxy) is 1. The molecule has 3 nitrogen and oxygen atoms in total. The van der Waals surface area contributed by atoms with Crippen molar-refractivity contribution in [2.75, 3.05) is 7.11 Å². The molecule has 0 amide bonds. The van der Waals surface area contributed by atoms with Gasteiger partial charge in [0.25, 0.3) is 0 Å². The van der Waals surface area contributed by atoms with E-state index in [1.165, 1.54) is 32.8 Å². The maximum atomic E-state index is 8.30. The highest BCUT2D eigenvalue weighted by atomic mass is 17.1. The third kappa shape index (κ3) is 6.58. The molecule has 0 spiro atoms. The molecule has 0 aliphatic rings. The Morgan fingerprint density at radius 2 is 1.83 bits per heavy atom. The average molecular weight is 176 g/mol. The van der Waals surface area contributed by atoms with Crippen LogP contribution in [-0.4, -0.2) is 18.7 Å². The molecule has 0 aromatic carbocycles. The first-order valence-corrected chi connectivity index (χ1v) is 4.68. The summed E-state index contributed by atoms with van der Waals surface area (Å²) in [6.07, 6.45) is 6.39. The molecule has 0 fully saturated rings. The minimum Gasteiger partial charge on any atom is -0.353 e. The van der Waals surface area contributed by atoms with Crippen molar-refractivity contribution in [2.45, 2.75) is 51.7 Å². The first-order chi connectivity index (χ1) is 5.85. The van der Waals surface area contributed by atoms with Crippen molar-refractivity contribution in [3.8, 4) is 0 Å². The van der Waals surface area contributed by atoms with Crippen molar-refractivity contribution < 1.29 is 14.9 Å². The van der Waals surface area contributed by atoms with E-state index in [0.29, 0.717) is 0 Å². The molecule has 1 unspecified atom stereocenters. The van der Waals surface area contributed by atoms with Crippen LogP contribution in [0.1, 0.15) is 45.4 Å². The fraction of sp³-hybridized carbons (Fsp3) is 1.00. The van der Waals surface area contributed by atoms with Gasteiger partial charge in [0.2, 0.25) is 0 Å². The van der Waals surface area contributed by atoms with Gasteiger partial charge in [-0.15, -0.1) is 0 Å². The van der Waals surface area contributed by atoms with Crippen LogP contribution in [0.5, 0.6) is 0 Å². The van der Waals surface area contributed by atoms with Crippen LogP contribution >= 0.6 is 0 Å². The first-order valence-electron chi connectivity index (χ1n) is 4.68. The van der Waals surface area contributed by atoms with Gasteiger partial charge in [-0.25, -0.2) is 10.1 Å². The lowest BCUT2D eigenvalue weighted by atomic mass is 10.1. The number of methoxy groups -OCH3 is 1. The second kappa shape index (κ2) is 8.97. The van der Waals surface area contributed by atoms with Gasteiger partial charge in [-0.1, -0.05) is 32.6 Å². The highest BCUT2D eigenvalue weighted by molar-refractivity contribution is 4.46. The van der Waals surface area contributed by atoms with E-state index in [-0.39, 0.29) is 0 Å². The topological polar surface area (TPSA) is 38.7 Å². The average Bonchev–Trinajstić information content (AvgIpc) is 2.11. The summed E-state index contributed by atoms with van der Waals surface area (Å²) in [7, 11) is 1.53. The standard InChI is InChI=1S/C9H20O3/c1-3-4-5-6-7-8-9(11-2)12-10/h9-10H,3-8H2,1-2H3. The van der Waals surface area contributed by atoms with E-state index < -0.39 is 6.29 Å². The van der Waals surface area contributed by atoms with Crippen LogP contribution in [0.3, 0.4) is 0 Å². The second-order valence-corrected chi connectivity index (χ2v) is 2.97. The van der Waals surface area contributed by atoms with Crippen molar-refractivity contribution in [1.29, 1.82) is 0 Å². The third-order valence-electron chi connectivity index (χ3n) is 1.92. The number of unbranched alkanes of at least 4 members (excludes halogenated alkanes) is 4. The van der Waals surface area contributed by atoms with Crippen molar-refractivity contribution in [3.05, 3.63) is 0 Å². The van der Waals surface area contributed by atoms with E-state index in [2.05, 4.69) is 11.8 Å². The van der Waals surface area contributed by atoms with Gasteiger partial charge < -0.3 is 4.74 Å². The molecule has 1 atom stereocenters. The minimum atomic E-state index is -0.438. The van der Waals surface area contributed by atoms with Crippen LogP contribution in [0.25, 0.3) is 0 Å². The van der Waals surface area contributed by atoms with Gasteiger partial charge in [0.15, 0.2) is 6.29 Å². The van der Waals surface area contributed by atoms with Gasteiger partial charge in [-0.2, -0.15) is 0 Å². The first kappa shape index (κ1) is 11.9. The lowest BCUT2D eigenvalue weighted by Crippen LogP contribution is -2.12. The number of hydrogen-bond donors (Lipinski definition) is 1. The zero-order valence-electron chi connectivity index (χ0n) is 8.08. The summed E-state index contributed by atoms with van der Waals surface area (Å²) >= 11 is 0. The predicted molar refractivity (Wildman–Crippen MR) is 47.9 cm³/mol. The zero-order valence-corrected chi connectivity index (χ0v) is 8.08. The fourth-order valence-corrected chi connectivity index (χ4v) is 1.13. The Kier molecular flexibility index (Phi) is 8.88. The summed E-state index contributed by atoms with van der Waals surface area (Å²) in [5.41, 5.74) is 0. The molecular formula is C9H20O3. The summed E-state index contributed by atoms with van der Waals surface area (Å²) < 4.78 is 4.83. The smallest absolute Gasteiger partial charge is 0.190 e. The lowest BCUT2D eigenvalue weighted by molar-refractivity contribution is -0.341. The van der Waals surface area contributed by atoms with Gasteiger partial charge in [0.05, 0.1) is 0 Å².